The summed E-state index contributed by atoms with van der Waals surface area (Å²) in [5.74, 6) is -0.885. The number of barbiturate groups is 1. The van der Waals surface area contributed by atoms with Crippen molar-refractivity contribution in [1.82, 2.24) is 10.2 Å². The van der Waals surface area contributed by atoms with Crippen LogP contribution in [0.15, 0.2) is 0 Å². The first-order chi connectivity index (χ1) is 6.42. The Kier molecular flexibility index (Phi) is 1.68. The van der Waals surface area contributed by atoms with Gasteiger partial charge in [-0.25, -0.2) is 4.79 Å². The number of hydrogen-bond donors (Lipinski definition) is 1. The van der Waals surface area contributed by atoms with E-state index in [0.717, 1.165) is 6.42 Å². The van der Waals surface area contributed by atoms with Gasteiger partial charge in [0, 0.05) is 6.04 Å². The van der Waals surface area contributed by atoms with Gasteiger partial charge in [-0.1, -0.05) is 13.8 Å². The van der Waals surface area contributed by atoms with Gasteiger partial charge in [-0.05, 0) is 11.8 Å². The van der Waals surface area contributed by atoms with Gasteiger partial charge in [0.2, 0.25) is 11.8 Å². The summed E-state index contributed by atoms with van der Waals surface area (Å²) in [6, 6.07) is -0.607. The molecule has 0 spiro atoms. The monoisotopic (exact) mass is 196 g/mol. The van der Waals surface area contributed by atoms with E-state index in [4.69, 9.17) is 0 Å². The number of carbonyl (C=O) groups excluding carboxylic acids is 3. The zero-order valence-electron chi connectivity index (χ0n) is 8.16. The predicted octanol–water partition coefficient (Wildman–Crippen LogP) is 0.253. The van der Waals surface area contributed by atoms with Gasteiger partial charge < -0.3 is 0 Å². The summed E-state index contributed by atoms with van der Waals surface area (Å²) in [6.45, 7) is 3.99. The summed E-state index contributed by atoms with van der Waals surface area (Å²) in [4.78, 5) is 34.8. The number of carbonyl (C=O) groups is 3. The molecule has 1 unspecified atom stereocenters. The van der Waals surface area contributed by atoms with Gasteiger partial charge in [0.15, 0.2) is 0 Å². The molecule has 1 atom stereocenters. The third kappa shape index (κ3) is 1.29. The van der Waals surface area contributed by atoms with Crippen molar-refractivity contribution in [1.29, 1.82) is 0 Å². The van der Waals surface area contributed by atoms with Crippen molar-refractivity contribution in [2.45, 2.75) is 32.7 Å². The van der Waals surface area contributed by atoms with E-state index >= 15 is 0 Å². The summed E-state index contributed by atoms with van der Waals surface area (Å²) in [5.41, 5.74) is 0.00733. The molecule has 1 N–H and O–H groups in total. The maximum Gasteiger partial charge on any atom is 0.331 e. The molecule has 1 heterocycles. The number of urea groups is 1. The van der Waals surface area contributed by atoms with Gasteiger partial charge in [0.1, 0.15) is 6.42 Å². The van der Waals surface area contributed by atoms with Gasteiger partial charge in [0.05, 0.1) is 0 Å². The standard InChI is InChI=1S/C9H12N2O3/c1-9(2)4-5(9)11-7(13)3-6(12)10-8(11)14/h5H,3-4H2,1-2H3,(H,10,12,14). The first-order valence-corrected chi connectivity index (χ1v) is 4.58. The second-order valence-electron chi connectivity index (χ2n) is 4.50. The minimum atomic E-state index is -0.568. The highest BCUT2D eigenvalue weighted by Crippen LogP contribution is 2.48. The molecule has 0 radical (unpaired) electrons. The molecule has 0 aromatic heterocycles. The van der Waals surface area contributed by atoms with Crippen LogP contribution in [-0.2, 0) is 9.59 Å². The molecule has 1 saturated carbocycles. The van der Waals surface area contributed by atoms with Crippen LogP contribution < -0.4 is 5.32 Å². The van der Waals surface area contributed by atoms with Crippen molar-refractivity contribution in [3.8, 4) is 0 Å². The molecule has 0 aromatic carbocycles. The molecule has 4 amide bonds. The van der Waals surface area contributed by atoms with Gasteiger partial charge in [0.25, 0.3) is 0 Å². The molecule has 1 aliphatic heterocycles. The number of nitrogens with one attached hydrogen (secondary N) is 1. The Bertz CT molecular complexity index is 315. The topological polar surface area (TPSA) is 66.5 Å². The van der Waals surface area contributed by atoms with Crippen molar-refractivity contribution in [2.24, 2.45) is 5.41 Å². The zero-order valence-corrected chi connectivity index (χ0v) is 8.16. The van der Waals surface area contributed by atoms with E-state index in [1.165, 1.54) is 4.90 Å². The molecule has 14 heavy (non-hydrogen) atoms. The van der Waals surface area contributed by atoms with E-state index < -0.39 is 11.9 Å². The SMILES string of the molecule is CC1(C)CC1N1C(=O)CC(=O)NC1=O. The lowest BCUT2D eigenvalue weighted by Gasteiger charge is -2.25. The van der Waals surface area contributed by atoms with Gasteiger partial charge in [-0.15, -0.1) is 0 Å². The number of imide groups is 2. The third-order valence-electron chi connectivity index (χ3n) is 2.82. The molecule has 2 aliphatic rings. The minimum absolute atomic E-state index is 0.00733. The fourth-order valence-electron chi connectivity index (χ4n) is 1.75. The van der Waals surface area contributed by atoms with Crippen molar-refractivity contribution < 1.29 is 14.4 Å². The largest absolute Gasteiger partial charge is 0.331 e. The highest BCUT2D eigenvalue weighted by Gasteiger charge is 2.54. The predicted molar refractivity (Wildman–Crippen MR) is 47.2 cm³/mol. The maximum atomic E-state index is 11.4. The van der Waals surface area contributed by atoms with Crippen molar-refractivity contribution in [3.63, 3.8) is 0 Å². The Labute approximate surface area is 81.4 Å². The average molecular weight is 196 g/mol. The zero-order chi connectivity index (χ0) is 10.5. The second kappa shape index (κ2) is 2.56. The third-order valence-corrected chi connectivity index (χ3v) is 2.82. The van der Waals surface area contributed by atoms with Gasteiger partial charge in [-0.2, -0.15) is 0 Å². The molecule has 1 aliphatic carbocycles. The quantitative estimate of drug-likeness (QED) is 0.611. The summed E-state index contributed by atoms with van der Waals surface area (Å²) in [6.07, 6.45) is 0.610. The Morgan fingerprint density at radius 3 is 2.36 bits per heavy atom. The van der Waals surface area contributed by atoms with E-state index in [2.05, 4.69) is 5.32 Å². The van der Waals surface area contributed by atoms with Crippen molar-refractivity contribution in [2.75, 3.05) is 0 Å². The summed E-state index contributed by atoms with van der Waals surface area (Å²) >= 11 is 0. The molecule has 2 rings (SSSR count). The van der Waals surface area contributed by atoms with E-state index in [1.54, 1.807) is 0 Å². The number of hydrogen-bond acceptors (Lipinski definition) is 3. The average Bonchev–Trinajstić information content (AvgIpc) is 2.56. The highest BCUT2D eigenvalue weighted by molar-refractivity contribution is 6.14. The lowest BCUT2D eigenvalue weighted by Crippen LogP contribution is -2.54. The summed E-state index contributed by atoms with van der Waals surface area (Å²) < 4.78 is 0. The number of amides is 4. The first kappa shape index (κ1) is 9.18. The van der Waals surface area contributed by atoms with Crippen molar-refractivity contribution in [3.05, 3.63) is 0 Å². The van der Waals surface area contributed by atoms with E-state index in [-0.39, 0.29) is 23.8 Å². The Hall–Kier alpha value is -1.39. The van der Waals surface area contributed by atoms with Gasteiger partial charge in [-0.3, -0.25) is 19.8 Å². The number of rotatable bonds is 1. The van der Waals surface area contributed by atoms with Crippen molar-refractivity contribution >= 4 is 17.8 Å². The molecule has 0 bridgehead atoms. The first-order valence-electron chi connectivity index (χ1n) is 4.58. The van der Waals surface area contributed by atoms with Gasteiger partial charge >= 0.3 is 6.03 Å². The fraction of sp³-hybridized carbons (Fsp3) is 0.667. The Morgan fingerprint density at radius 2 is 1.93 bits per heavy atom. The van der Waals surface area contributed by atoms with Crippen LogP contribution in [0.4, 0.5) is 4.79 Å². The fourth-order valence-corrected chi connectivity index (χ4v) is 1.75. The molecular formula is C9H12N2O3. The lowest BCUT2D eigenvalue weighted by atomic mass is 10.1. The van der Waals surface area contributed by atoms with E-state index in [0.29, 0.717) is 0 Å². The Morgan fingerprint density at radius 1 is 1.36 bits per heavy atom. The summed E-state index contributed by atoms with van der Waals surface area (Å²) in [5, 5.41) is 2.15. The van der Waals surface area contributed by atoms with Crippen LogP contribution in [0, 0.1) is 5.41 Å². The van der Waals surface area contributed by atoms with Crippen LogP contribution in [0.1, 0.15) is 26.7 Å². The minimum Gasteiger partial charge on any atom is -0.277 e. The van der Waals surface area contributed by atoms with Crippen LogP contribution in [0.3, 0.4) is 0 Å². The van der Waals surface area contributed by atoms with E-state index in [9.17, 15) is 14.4 Å². The molecule has 5 nitrogen and oxygen atoms in total. The van der Waals surface area contributed by atoms with Crippen LogP contribution in [0.25, 0.3) is 0 Å². The molecule has 5 heteroatoms. The Balaban J connectivity index is 2.16. The number of nitrogens with zero attached hydrogens (tertiary/aromatic N) is 1. The summed E-state index contributed by atoms with van der Waals surface area (Å²) in [7, 11) is 0. The molecule has 1 saturated heterocycles. The second-order valence-corrected chi connectivity index (χ2v) is 4.50. The van der Waals surface area contributed by atoms with Crippen LogP contribution in [0.5, 0.6) is 0 Å². The molecule has 76 valence electrons. The van der Waals surface area contributed by atoms with Crippen LogP contribution >= 0.6 is 0 Å². The molecule has 0 aromatic rings. The van der Waals surface area contributed by atoms with Crippen LogP contribution in [-0.4, -0.2) is 28.8 Å². The van der Waals surface area contributed by atoms with Crippen LogP contribution in [0.2, 0.25) is 0 Å². The smallest absolute Gasteiger partial charge is 0.277 e. The molecular weight excluding hydrogens is 184 g/mol. The lowest BCUT2D eigenvalue weighted by molar-refractivity contribution is -0.136. The molecule has 2 fully saturated rings. The highest BCUT2D eigenvalue weighted by atomic mass is 16.2. The van der Waals surface area contributed by atoms with E-state index in [1.807, 2.05) is 13.8 Å². The normalized spacial score (nSPS) is 30.3. The maximum absolute atomic E-state index is 11.4.